The maximum atomic E-state index is 11.6. The van der Waals surface area contributed by atoms with Crippen LogP contribution in [0.2, 0.25) is 0 Å². The molecule has 2 nitrogen and oxygen atoms in total. The summed E-state index contributed by atoms with van der Waals surface area (Å²) in [5.74, 6) is 0. The molecule has 2 aliphatic rings. The van der Waals surface area contributed by atoms with Crippen molar-refractivity contribution in [3.8, 4) is 0 Å². The van der Waals surface area contributed by atoms with Gasteiger partial charge in [-0.15, -0.1) is 11.8 Å². The molecule has 24 heavy (non-hydrogen) atoms. The number of rotatable bonds is 4. The molecule has 1 aromatic rings. The van der Waals surface area contributed by atoms with Gasteiger partial charge in [-0.1, -0.05) is 30.4 Å². The van der Waals surface area contributed by atoms with Gasteiger partial charge in [0.05, 0.1) is 4.90 Å². The molecular formula is C20H22O2S2. The van der Waals surface area contributed by atoms with Gasteiger partial charge in [0.2, 0.25) is 0 Å². The first-order chi connectivity index (χ1) is 11.5. The fraction of sp³-hybridized carbons (Fsp3) is 0.300. The average molecular weight is 359 g/mol. The molecular weight excluding hydrogens is 336 g/mol. The molecule has 0 unspecified atom stereocenters. The summed E-state index contributed by atoms with van der Waals surface area (Å²) in [6, 6.07) is 7.35. The average Bonchev–Trinajstić information content (AvgIpc) is 2.92. The Balaban J connectivity index is 1.97. The zero-order chi connectivity index (χ0) is 17.2. The minimum atomic E-state index is -3.14. The molecule has 0 heterocycles. The molecule has 126 valence electrons. The predicted octanol–water partition coefficient (Wildman–Crippen LogP) is 5.16. The van der Waals surface area contributed by atoms with Gasteiger partial charge in [0, 0.05) is 11.2 Å². The molecule has 1 aromatic carbocycles. The van der Waals surface area contributed by atoms with E-state index in [1.54, 1.807) is 23.9 Å². The second kappa shape index (κ2) is 7.16. The van der Waals surface area contributed by atoms with E-state index in [2.05, 4.69) is 30.6 Å². The van der Waals surface area contributed by atoms with Crippen molar-refractivity contribution >= 4 is 27.2 Å². The number of sulfone groups is 1. The van der Waals surface area contributed by atoms with Crippen LogP contribution >= 0.6 is 11.8 Å². The van der Waals surface area contributed by atoms with Crippen LogP contribution in [0.3, 0.4) is 0 Å². The van der Waals surface area contributed by atoms with Gasteiger partial charge in [0.25, 0.3) is 0 Å². The Morgan fingerprint density at radius 1 is 1.00 bits per heavy atom. The minimum Gasteiger partial charge on any atom is -0.224 e. The van der Waals surface area contributed by atoms with Gasteiger partial charge in [0.15, 0.2) is 9.84 Å². The van der Waals surface area contributed by atoms with E-state index >= 15 is 0 Å². The van der Waals surface area contributed by atoms with Gasteiger partial charge >= 0.3 is 0 Å². The molecule has 0 saturated heterocycles. The maximum absolute atomic E-state index is 11.6. The van der Waals surface area contributed by atoms with Gasteiger partial charge in [0.1, 0.15) is 0 Å². The first-order valence-corrected chi connectivity index (χ1v) is 11.2. The van der Waals surface area contributed by atoms with Gasteiger partial charge in [-0.3, -0.25) is 0 Å². The first-order valence-electron chi connectivity index (χ1n) is 8.13. The minimum absolute atomic E-state index is 0.385. The third-order valence-electron chi connectivity index (χ3n) is 4.54. The maximum Gasteiger partial charge on any atom is 0.175 e. The van der Waals surface area contributed by atoms with Crippen molar-refractivity contribution in [2.75, 3.05) is 12.5 Å². The molecule has 0 aliphatic heterocycles. The van der Waals surface area contributed by atoms with Gasteiger partial charge < -0.3 is 0 Å². The van der Waals surface area contributed by atoms with E-state index in [9.17, 15) is 8.42 Å². The Labute approximate surface area is 149 Å². The second-order valence-corrected chi connectivity index (χ2v) is 9.07. The molecule has 0 saturated carbocycles. The van der Waals surface area contributed by atoms with Crippen LogP contribution < -0.4 is 0 Å². The zero-order valence-electron chi connectivity index (χ0n) is 14.1. The Kier molecular flexibility index (Phi) is 5.16. The lowest BCUT2D eigenvalue weighted by Crippen LogP contribution is -1.97. The molecule has 0 aromatic heterocycles. The molecule has 4 heteroatoms. The molecule has 0 radical (unpaired) electrons. The molecule has 0 N–H and O–H groups in total. The second-order valence-electron chi connectivity index (χ2n) is 6.18. The largest absolute Gasteiger partial charge is 0.224 e. The van der Waals surface area contributed by atoms with Gasteiger partial charge in [-0.25, -0.2) is 8.42 Å². The summed E-state index contributed by atoms with van der Waals surface area (Å²) in [4.78, 5) is 1.67. The van der Waals surface area contributed by atoms with E-state index in [4.69, 9.17) is 0 Å². The van der Waals surface area contributed by atoms with Gasteiger partial charge in [-0.05, 0) is 72.4 Å². The normalized spacial score (nSPS) is 18.4. The predicted molar refractivity (Wildman–Crippen MR) is 104 cm³/mol. The molecule has 3 rings (SSSR count). The van der Waals surface area contributed by atoms with Crippen molar-refractivity contribution < 1.29 is 8.42 Å². The molecule has 0 atom stereocenters. The Morgan fingerprint density at radius 3 is 2.38 bits per heavy atom. The van der Waals surface area contributed by atoms with Crippen LogP contribution in [-0.4, -0.2) is 20.9 Å². The van der Waals surface area contributed by atoms with E-state index < -0.39 is 9.84 Å². The van der Waals surface area contributed by atoms with E-state index in [-0.39, 0.29) is 0 Å². The zero-order valence-corrected chi connectivity index (χ0v) is 15.7. The van der Waals surface area contributed by atoms with Crippen LogP contribution in [0, 0.1) is 0 Å². The van der Waals surface area contributed by atoms with Crippen LogP contribution in [0.15, 0.2) is 69.5 Å². The van der Waals surface area contributed by atoms with E-state index in [0.29, 0.717) is 4.90 Å². The number of hydrogen-bond acceptors (Lipinski definition) is 3. The summed E-state index contributed by atoms with van der Waals surface area (Å²) in [7, 11) is -3.14. The first kappa shape index (κ1) is 17.3. The van der Waals surface area contributed by atoms with Crippen LogP contribution in [-0.2, 0) is 9.84 Å². The Bertz CT molecular complexity index is 851. The highest BCUT2D eigenvalue weighted by Gasteiger charge is 2.19. The summed E-state index contributed by atoms with van der Waals surface area (Å²) in [6.45, 7) is 0. The fourth-order valence-corrected chi connectivity index (χ4v) is 4.36. The molecule has 0 fully saturated rings. The van der Waals surface area contributed by atoms with E-state index in [1.807, 2.05) is 12.1 Å². The topological polar surface area (TPSA) is 34.1 Å². The van der Waals surface area contributed by atoms with Crippen molar-refractivity contribution in [2.45, 2.75) is 30.6 Å². The monoisotopic (exact) mass is 358 g/mol. The Hall–Kier alpha value is -1.52. The van der Waals surface area contributed by atoms with Crippen molar-refractivity contribution in [2.24, 2.45) is 0 Å². The third kappa shape index (κ3) is 3.76. The third-order valence-corrected chi connectivity index (χ3v) is 6.41. The molecule has 0 spiro atoms. The van der Waals surface area contributed by atoms with Crippen LogP contribution in [0.4, 0.5) is 0 Å². The number of allylic oxidation sites excluding steroid dienone is 7. The fourth-order valence-electron chi connectivity index (χ4n) is 3.29. The Morgan fingerprint density at radius 2 is 1.71 bits per heavy atom. The van der Waals surface area contributed by atoms with Crippen molar-refractivity contribution in [3.63, 3.8) is 0 Å². The molecule has 0 amide bonds. The molecule has 0 bridgehead atoms. The summed E-state index contributed by atoms with van der Waals surface area (Å²) < 4.78 is 23.3. The van der Waals surface area contributed by atoms with Crippen LogP contribution in [0.5, 0.6) is 0 Å². The summed E-state index contributed by atoms with van der Waals surface area (Å²) >= 11 is 1.76. The van der Waals surface area contributed by atoms with Crippen molar-refractivity contribution in [1.29, 1.82) is 0 Å². The lowest BCUT2D eigenvalue weighted by molar-refractivity contribution is 0.602. The number of benzene rings is 1. The summed E-state index contributed by atoms with van der Waals surface area (Å²) in [5.41, 5.74) is 5.34. The smallest absolute Gasteiger partial charge is 0.175 e. The van der Waals surface area contributed by atoms with Gasteiger partial charge in [-0.2, -0.15) is 0 Å². The SMILES string of the molecule is CSC1=CC=C(C2=C(c3ccc(S(C)(=O)=O)cc3)CCC2)CC=C1. The van der Waals surface area contributed by atoms with E-state index in [0.717, 1.165) is 24.8 Å². The van der Waals surface area contributed by atoms with Crippen molar-refractivity contribution in [3.05, 3.63) is 70.2 Å². The summed E-state index contributed by atoms with van der Waals surface area (Å²) in [5, 5.41) is 0. The quantitative estimate of drug-likeness (QED) is 0.745. The highest BCUT2D eigenvalue weighted by molar-refractivity contribution is 8.02. The van der Waals surface area contributed by atoms with Crippen LogP contribution in [0.1, 0.15) is 31.2 Å². The highest BCUT2D eigenvalue weighted by atomic mass is 32.2. The van der Waals surface area contributed by atoms with E-state index in [1.165, 1.54) is 34.3 Å². The van der Waals surface area contributed by atoms with Crippen molar-refractivity contribution in [1.82, 2.24) is 0 Å². The van der Waals surface area contributed by atoms with Crippen LogP contribution in [0.25, 0.3) is 5.57 Å². The lowest BCUT2D eigenvalue weighted by Gasteiger charge is -2.11. The molecule has 2 aliphatic carbocycles. The number of thioether (sulfide) groups is 1. The standard InChI is InChI=1S/C20H22O2S2/c1-23-17-6-3-5-15(9-12-17)19-7-4-8-20(19)16-10-13-18(14-11-16)24(2,21)22/h3,6,9-14H,4-5,7-8H2,1-2H3. The summed E-state index contributed by atoms with van der Waals surface area (Å²) in [6.07, 6.45) is 16.5. The number of hydrogen-bond donors (Lipinski definition) is 0. The lowest BCUT2D eigenvalue weighted by atomic mass is 9.95. The highest BCUT2D eigenvalue weighted by Crippen LogP contribution is 2.39.